The van der Waals surface area contributed by atoms with Crippen molar-refractivity contribution >= 4 is 23.3 Å². The van der Waals surface area contributed by atoms with Gasteiger partial charge in [-0.2, -0.15) is 0 Å². The van der Waals surface area contributed by atoms with Crippen molar-refractivity contribution in [3.05, 3.63) is 28.8 Å². The highest BCUT2D eigenvalue weighted by Gasteiger charge is 2.08. The summed E-state index contributed by atoms with van der Waals surface area (Å²) in [4.78, 5) is 11.3. The number of benzene rings is 1. The lowest BCUT2D eigenvalue weighted by atomic mass is 10.2. The van der Waals surface area contributed by atoms with Crippen molar-refractivity contribution in [2.24, 2.45) is 5.84 Å². The highest BCUT2D eigenvalue weighted by atomic mass is 35.5. The van der Waals surface area contributed by atoms with Crippen LogP contribution in [0.1, 0.15) is 17.3 Å². The molecule has 0 bridgehead atoms. The van der Waals surface area contributed by atoms with Crippen LogP contribution in [0.2, 0.25) is 5.02 Å². The number of rotatable bonds is 3. The molecule has 76 valence electrons. The zero-order valence-electron chi connectivity index (χ0n) is 7.71. The van der Waals surface area contributed by atoms with E-state index in [4.69, 9.17) is 22.2 Å². The SMILES string of the molecule is CCOC(=O)c1ccc(Cl)c(NN)c1. The van der Waals surface area contributed by atoms with Gasteiger partial charge >= 0.3 is 5.97 Å². The molecule has 14 heavy (non-hydrogen) atoms. The topological polar surface area (TPSA) is 64.3 Å². The molecule has 0 saturated carbocycles. The average molecular weight is 215 g/mol. The van der Waals surface area contributed by atoms with Gasteiger partial charge in [0, 0.05) is 0 Å². The smallest absolute Gasteiger partial charge is 0.338 e. The van der Waals surface area contributed by atoms with Gasteiger partial charge in [-0.05, 0) is 25.1 Å². The van der Waals surface area contributed by atoms with Crippen LogP contribution in [-0.4, -0.2) is 12.6 Å². The number of halogens is 1. The van der Waals surface area contributed by atoms with Crippen molar-refractivity contribution in [3.63, 3.8) is 0 Å². The highest BCUT2D eigenvalue weighted by Crippen LogP contribution is 2.22. The molecule has 0 radical (unpaired) electrons. The van der Waals surface area contributed by atoms with Gasteiger partial charge in [0.1, 0.15) is 0 Å². The Labute approximate surface area is 87.0 Å². The summed E-state index contributed by atoms with van der Waals surface area (Å²) in [6.45, 7) is 2.09. The first-order valence-electron chi connectivity index (χ1n) is 4.12. The minimum atomic E-state index is -0.388. The largest absolute Gasteiger partial charge is 0.462 e. The summed E-state index contributed by atoms with van der Waals surface area (Å²) in [5, 5.41) is 0.459. The first kappa shape index (κ1) is 10.8. The van der Waals surface area contributed by atoms with E-state index in [0.717, 1.165) is 0 Å². The van der Waals surface area contributed by atoms with Gasteiger partial charge in [-0.25, -0.2) is 4.79 Å². The number of esters is 1. The predicted molar refractivity (Wildman–Crippen MR) is 55.2 cm³/mol. The van der Waals surface area contributed by atoms with Crippen LogP contribution >= 0.6 is 11.6 Å². The summed E-state index contributed by atoms with van der Waals surface area (Å²) >= 11 is 5.78. The molecule has 1 rings (SSSR count). The van der Waals surface area contributed by atoms with E-state index in [9.17, 15) is 4.79 Å². The molecule has 1 aromatic carbocycles. The maximum atomic E-state index is 11.3. The molecule has 0 aromatic heterocycles. The van der Waals surface area contributed by atoms with Gasteiger partial charge in [-0.3, -0.25) is 5.84 Å². The number of nitrogens with one attached hydrogen (secondary N) is 1. The molecule has 1 aromatic rings. The van der Waals surface area contributed by atoms with Crippen LogP contribution in [0.3, 0.4) is 0 Å². The van der Waals surface area contributed by atoms with E-state index in [-0.39, 0.29) is 5.97 Å². The summed E-state index contributed by atoms with van der Waals surface area (Å²) < 4.78 is 4.82. The number of hydrogen-bond donors (Lipinski definition) is 2. The molecule has 0 amide bonds. The number of nitrogen functional groups attached to an aromatic ring is 1. The van der Waals surface area contributed by atoms with Crippen LogP contribution in [0.15, 0.2) is 18.2 Å². The lowest BCUT2D eigenvalue weighted by Gasteiger charge is -2.06. The summed E-state index contributed by atoms with van der Waals surface area (Å²) in [6, 6.07) is 4.71. The first-order valence-corrected chi connectivity index (χ1v) is 4.50. The normalized spacial score (nSPS) is 9.64. The number of carbonyl (C=O) groups is 1. The van der Waals surface area contributed by atoms with Crippen molar-refractivity contribution in [2.75, 3.05) is 12.0 Å². The van der Waals surface area contributed by atoms with E-state index >= 15 is 0 Å². The molecule has 4 nitrogen and oxygen atoms in total. The molecule has 5 heteroatoms. The van der Waals surface area contributed by atoms with Crippen LogP contribution in [-0.2, 0) is 4.74 Å². The number of anilines is 1. The lowest BCUT2D eigenvalue weighted by Crippen LogP contribution is -2.10. The zero-order chi connectivity index (χ0) is 10.6. The van der Waals surface area contributed by atoms with Crippen LogP contribution in [0.25, 0.3) is 0 Å². The minimum Gasteiger partial charge on any atom is -0.462 e. The van der Waals surface area contributed by atoms with Gasteiger partial charge < -0.3 is 10.2 Å². The van der Waals surface area contributed by atoms with E-state index in [2.05, 4.69) is 5.43 Å². The molecular formula is C9H11ClN2O2. The molecule has 0 fully saturated rings. The van der Waals surface area contributed by atoms with Gasteiger partial charge in [0.25, 0.3) is 0 Å². The molecule has 0 unspecified atom stereocenters. The number of carbonyl (C=O) groups excluding carboxylic acids is 1. The second-order valence-corrected chi connectivity index (χ2v) is 2.97. The number of ether oxygens (including phenoxy) is 1. The van der Waals surface area contributed by atoms with Gasteiger partial charge in [0.2, 0.25) is 0 Å². The van der Waals surface area contributed by atoms with E-state index in [1.54, 1.807) is 25.1 Å². The fourth-order valence-electron chi connectivity index (χ4n) is 0.977. The molecule has 3 N–H and O–H groups in total. The van der Waals surface area contributed by atoms with Crippen LogP contribution < -0.4 is 11.3 Å². The number of nitrogens with two attached hydrogens (primary N) is 1. The monoisotopic (exact) mass is 214 g/mol. The van der Waals surface area contributed by atoms with E-state index in [1.807, 2.05) is 0 Å². The van der Waals surface area contributed by atoms with Crippen molar-refractivity contribution in [3.8, 4) is 0 Å². The average Bonchev–Trinajstić information content (AvgIpc) is 2.19. The van der Waals surface area contributed by atoms with E-state index in [1.165, 1.54) is 0 Å². The van der Waals surface area contributed by atoms with Gasteiger partial charge in [-0.1, -0.05) is 11.6 Å². The van der Waals surface area contributed by atoms with Crippen molar-refractivity contribution < 1.29 is 9.53 Å². The lowest BCUT2D eigenvalue weighted by molar-refractivity contribution is 0.0526. The quantitative estimate of drug-likeness (QED) is 0.458. The van der Waals surface area contributed by atoms with E-state index < -0.39 is 0 Å². The third kappa shape index (κ3) is 2.37. The molecule has 0 heterocycles. The number of hydrazine groups is 1. The Morgan fingerprint density at radius 1 is 1.64 bits per heavy atom. The second kappa shape index (κ2) is 4.83. The van der Waals surface area contributed by atoms with Gasteiger partial charge in [0.15, 0.2) is 0 Å². The number of hydrogen-bond acceptors (Lipinski definition) is 4. The van der Waals surface area contributed by atoms with Crippen LogP contribution in [0, 0.1) is 0 Å². The van der Waals surface area contributed by atoms with Gasteiger partial charge in [-0.15, -0.1) is 0 Å². The van der Waals surface area contributed by atoms with Crippen molar-refractivity contribution in [1.29, 1.82) is 0 Å². The molecule has 0 saturated heterocycles. The fraction of sp³-hybridized carbons (Fsp3) is 0.222. The Hall–Kier alpha value is -1.26. The standard InChI is InChI=1S/C9H11ClN2O2/c1-2-14-9(13)6-3-4-7(10)8(5-6)12-11/h3-5,12H,2,11H2,1H3. The maximum Gasteiger partial charge on any atom is 0.338 e. The predicted octanol–water partition coefficient (Wildman–Crippen LogP) is 1.80. The third-order valence-electron chi connectivity index (χ3n) is 1.63. The molecule has 0 atom stereocenters. The second-order valence-electron chi connectivity index (χ2n) is 2.56. The Bertz CT molecular complexity index is 342. The molecule has 0 spiro atoms. The van der Waals surface area contributed by atoms with Crippen LogP contribution in [0.5, 0.6) is 0 Å². The van der Waals surface area contributed by atoms with Crippen molar-refractivity contribution in [1.82, 2.24) is 0 Å². The third-order valence-corrected chi connectivity index (χ3v) is 1.96. The van der Waals surface area contributed by atoms with Crippen LogP contribution in [0.4, 0.5) is 5.69 Å². The Morgan fingerprint density at radius 2 is 2.36 bits per heavy atom. The Balaban J connectivity index is 2.94. The summed E-state index contributed by atoms with van der Waals surface area (Å²) in [5.74, 6) is 4.82. The van der Waals surface area contributed by atoms with E-state index in [0.29, 0.717) is 22.9 Å². The molecular weight excluding hydrogens is 204 g/mol. The maximum absolute atomic E-state index is 11.3. The van der Waals surface area contributed by atoms with Gasteiger partial charge in [0.05, 0.1) is 22.9 Å². The molecule has 0 aliphatic heterocycles. The molecule has 0 aliphatic rings. The van der Waals surface area contributed by atoms with Crippen molar-refractivity contribution in [2.45, 2.75) is 6.92 Å². The summed E-state index contributed by atoms with van der Waals surface area (Å²) in [7, 11) is 0. The highest BCUT2D eigenvalue weighted by molar-refractivity contribution is 6.33. The Kier molecular flexibility index (Phi) is 3.73. The first-order chi connectivity index (χ1) is 6.69. The molecule has 0 aliphatic carbocycles. The summed E-state index contributed by atoms with van der Waals surface area (Å²) in [6.07, 6.45) is 0. The summed E-state index contributed by atoms with van der Waals surface area (Å²) in [5.41, 5.74) is 3.31. The zero-order valence-corrected chi connectivity index (χ0v) is 8.47. The Morgan fingerprint density at radius 3 is 2.93 bits per heavy atom. The minimum absolute atomic E-state index is 0.340. The fourth-order valence-corrected chi connectivity index (χ4v) is 1.15.